The standard InChI is InChI=1S/C17H17F3N2OS/c18-17(19,20)12-1-3-13(4-2-12)21-7-9-22(10-8-21)15-11-14(24)5-6-16(15)23/h1-6,11,23-24H,7-10H2. The van der Waals surface area contributed by atoms with E-state index in [1.807, 2.05) is 11.0 Å². The van der Waals surface area contributed by atoms with Crippen LogP contribution in [0.1, 0.15) is 5.56 Å². The first-order chi connectivity index (χ1) is 11.3. The maximum absolute atomic E-state index is 12.6. The van der Waals surface area contributed by atoms with Gasteiger partial charge in [-0.05, 0) is 42.5 Å². The van der Waals surface area contributed by atoms with E-state index in [0.717, 1.165) is 28.4 Å². The second-order valence-electron chi connectivity index (χ2n) is 5.69. The Hall–Kier alpha value is -2.02. The van der Waals surface area contributed by atoms with Crippen LogP contribution in [-0.4, -0.2) is 31.3 Å². The van der Waals surface area contributed by atoms with Crippen molar-refractivity contribution in [2.24, 2.45) is 0 Å². The molecule has 3 rings (SSSR count). The van der Waals surface area contributed by atoms with Crippen LogP contribution >= 0.6 is 12.6 Å². The maximum atomic E-state index is 12.6. The highest BCUT2D eigenvalue weighted by atomic mass is 32.1. The van der Waals surface area contributed by atoms with Crippen LogP contribution in [0.3, 0.4) is 0 Å². The highest BCUT2D eigenvalue weighted by Crippen LogP contribution is 2.32. The molecule has 2 aromatic carbocycles. The molecule has 0 aromatic heterocycles. The fourth-order valence-corrected chi connectivity index (χ4v) is 3.03. The molecular weight excluding hydrogens is 337 g/mol. The smallest absolute Gasteiger partial charge is 0.416 e. The van der Waals surface area contributed by atoms with E-state index in [0.29, 0.717) is 26.2 Å². The number of phenolic OH excluding ortho intramolecular Hbond substituents is 1. The second-order valence-corrected chi connectivity index (χ2v) is 6.21. The maximum Gasteiger partial charge on any atom is 0.416 e. The Morgan fingerprint density at radius 1 is 0.875 bits per heavy atom. The topological polar surface area (TPSA) is 26.7 Å². The molecule has 128 valence electrons. The molecule has 1 saturated heterocycles. The van der Waals surface area contributed by atoms with E-state index in [1.54, 1.807) is 12.1 Å². The third-order valence-electron chi connectivity index (χ3n) is 4.14. The van der Waals surface area contributed by atoms with Crippen LogP contribution in [0, 0.1) is 0 Å². The second kappa shape index (κ2) is 6.47. The zero-order valence-electron chi connectivity index (χ0n) is 12.8. The number of aromatic hydroxyl groups is 1. The predicted molar refractivity (Wildman–Crippen MR) is 91.2 cm³/mol. The van der Waals surface area contributed by atoms with Gasteiger partial charge in [-0.1, -0.05) is 0 Å². The van der Waals surface area contributed by atoms with Crippen LogP contribution in [0.4, 0.5) is 24.5 Å². The number of rotatable bonds is 2. The SMILES string of the molecule is Oc1ccc(S)cc1N1CCN(c2ccc(C(F)(F)F)cc2)CC1. The lowest BCUT2D eigenvalue weighted by molar-refractivity contribution is -0.137. The summed E-state index contributed by atoms with van der Waals surface area (Å²) in [5.74, 6) is 0.204. The molecule has 2 aromatic rings. The molecule has 0 unspecified atom stereocenters. The number of benzene rings is 2. The third-order valence-corrected chi connectivity index (χ3v) is 4.42. The molecule has 1 heterocycles. The summed E-state index contributed by atoms with van der Waals surface area (Å²) in [6.45, 7) is 2.68. The molecular formula is C17H17F3N2OS. The fourth-order valence-electron chi connectivity index (χ4n) is 2.83. The first-order valence-electron chi connectivity index (χ1n) is 7.54. The molecule has 0 amide bonds. The number of hydrogen-bond donors (Lipinski definition) is 2. The number of anilines is 2. The highest BCUT2D eigenvalue weighted by Gasteiger charge is 2.30. The van der Waals surface area contributed by atoms with Gasteiger partial charge >= 0.3 is 6.18 Å². The molecule has 24 heavy (non-hydrogen) atoms. The van der Waals surface area contributed by atoms with Gasteiger partial charge in [0.1, 0.15) is 5.75 Å². The van der Waals surface area contributed by atoms with E-state index in [4.69, 9.17) is 0 Å². The van der Waals surface area contributed by atoms with Gasteiger partial charge in [-0.25, -0.2) is 0 Å². The van der Waals surface area contributed by atoms with Crippen LogP contribution in [0.25, 0.3) is 0 Å². The van der Waals surface area contributed by atoms with E-state index in [1.165, 1.54) is 12.1 Å². The molecule has 7 heteroatoms. The Labute approximate surface area is 143 Å². The number of alkyl halides is 3. The zero-order chi connectivity index (χ0) is 17.3. The van der Waals surface area contributed by atoms with Crippen LogP contribution in [0.5, 0.6) is 5.75 Å². The summed E-state index contributed by atoms with van der Waals surface area (Å²) in [6, 6.07) is 10.4. The average Bonchev–Trinajstić information content (AvgIpc) is 2.57. The summed E-state index contributed by atoms with van der Waals surface area (Å²) in [5.41, 5.74) is 0.866. The van der Waals surface area contributed by atoms with Gasteiger partial charge in [0.05, 0.1) is 11.3 Å². The quantitative estimate of drug-likeness (QED) is 0.798. The third kappa shape index (κ3) is 3.56. The zero-order valence-corrected chi connectivity index (χ0v) is 13.7. The van der Waals surface area contributed by atoms with E-state index in [-0.39, 0.29) is 5.75 Å². The Morgan fingerprint density at radius 3 is 2.04 bits per heavy atom. The van der Waals surface area contributed by atoms with Crippen molar-refractivity contribution in [3.05, 3.63) is 48.0 Å². The number of halogens is 3. The van der Waals surface area contributed by atoms with Crippen LogP contribution in [0.2, 0.25) is 0 Å². The number of hydrogen-bond acceptors (Lipinski definition) is 4. The summed E-state index contributed by atoms with van der Waals surface area (Å²) in [7, 11) is 0. The van der Waals surface area contributed by atoms with E-state index >= 15 is 0 Å². The van der Waals surface area contributed by atoms with Gasteiger partial charge in [-0.15, -0.1) is 12.6 Å². The van der Waals surface area contributed by atoms with Gasteiger partial charge in [0.2, 0.25) is 0 Å². The van der Waals surface area contributed by atoms with Crippen molar-refractivity contribution in [3.8, 4) is 5.75 Å². The van der Waals surface area contributed by atoms with Gasteiger partial charge < -0.3 is 14.9 Å². The molecule has 1 aliphatic rings. The number of phenols is 1. The van der Waals surface area contributed by atoms with E-state index in [9.17, 15) is 18.3 Å². The van der Waals surface area contributed by atoms with Crippen molar-refractivity contribution >= 4 is 24.0 Å². The van der Waals surface area contributed by atoms with Crippen molar-refractivity contribution < 1.29 is 18.3 Å². The predicted octanol–water partition coefficient (Wildman–Crippen LogP) is 4.03. The summed E-state index contributed by atoms with van der Waals surface area (Å²) in [4.78, 5) is 4.86. The Bertz CT molecular complexity index is 711. The molecule has 0 spiro atoms. The first-order valence-corrected chi connectivity index (χ1v) is 7.98. The highest BCUT2D eigenvalue weighted by molar-refractivity contribution is 7.80. The van der Waals surface area contributed by atoms with Gasteiger partial charge in [0.15, 0.2) is 0 Å². The lowest BCUT2D eigenvalue weighted by Gasteiger charge is -2.37. The minimum Gasteiger partial charge on any atom is -0.506 e. The molecule has 0 aliphatic carbocycles. The summed E-state index contributed by atoms with van der Waals surface area (Å²) >= 11 is 4.29. The van der Waals surface area contributed by atoms with Gasteiger partial charge in [0.25, 0.3) is 0 Å². The van der Waals surface area contributed by atoms with Crippen molar-refractivity contribution in [2.45, 2.75) is 11.1 Å². The summed E-state index contributed by atoms with van der Waals surface area (Å²) in [6.07, 6.45) is -4.31. The molecule has 0 saturated carbocycles. The molecule has 3 nitrogen and oxygen atoms in total. The lowest BCUT2D eigenvalue weighted by atomic mass is 10.1. The molecule has 1 aliphatic heterocycles. The van der Waals surface area contributed by atoms with Crippen LogP contribution in [0.15, 0.2) is 47.4 Å². The van der Waals surface area contributed by atoms with Gasteiger partial charge in [0, 0.05) is 36.8 Å². The van der Waals surface area contributed by atoms with Crippen LogP contribution < -0.4 is 9.80 Å². The number of piperazine rings is 1. The minimum atomic E-state index is -4.31. The van der Waals surface area contributed by atoms with Crippen molar-refractivity contribution in [1.29, 1.82) is 0 Å². The van der Waals surface area contributed by atoms with Crippen molar-refractivity contribution in [2.75, 3.05) is 36.0 Å². The van der Waals surface area contributed by atoms with Crippen molar-refractivity contribution in [1.82, 2.24) is 0 Å². The normalized spacial score (nSPS) is 15.7. The molecule has 1 fully saturated rings. The average molecular weight is 354 g/mol. The summed E-state index contributed by atoms with van der Waals surface area (Å²) in [5, 5.41) is 9.98. The number of nitrogens with zero attached hydrogens (tertiary/aromatic N) is 2. The summed E-state index contributed by atoms with van der Waals surface area (Å²) < 4.78 is 37.9. The Morgan fingerprint density at radius 2 is 1.46 bits per heavy atom. The molecule has 0 radical (unpaired) electrons. The molecule has 0 bridgehead atoms. The van der Waals surface area contributed by atoms with E-state index in [2.05, 4.69) is 17.5 Å². The first kappa shape index (κ1) is 16.8. The molecule has 1 N–H and O–H groups in total. The van der Waals surface area contributed by atoms with Gasteiger partial charge in [-0.2, -0.15) is 13.2 Å². The van der Waals surface area contributed by atoms with Gasteiger partial charge in [-0.3, -0.25) is 0 Å². The largest absolute Gasteiger partial charge is 0.506 e. The van der Waals surface area contributed by atoms with E-state index < -0.39 is 11.7 Å². The Balaban J connectivity index is 1.68. The monoisotopic (exact) mass is 354 g/mol. The molecule has 0 atom stereocenters. The lowest BCUT2D eigenvalue weighted by Crippen LogP contribution is -2.46. The minimum absolute atomic E-state index is 0.204. The van der Waals surface area contributed by atoms with Crippen molar-refractivity contribution in [3.63, 3.8) is 0 Å². The fraction of sp³-hybridized carbons (Fsp3) is 0.294. The Kier molecular flexibility index (Phi) is 4.54. The van der Waals surface area contributed by atoms with Crippen LogP contribution in [-0.2, 0) is 6.18 Å². The number of thiol groups is 1.